The molecule has 0 fully saturated rings. The molecular formula is C13H15N5. The number of fused-ring (bicyclic) bond motifs is 1. The standard InChI is InChI=1S/C13H15N5/c1-9-5-10(3-4-12-14-8-15-16-12)13-11(6-9)7-18(2)17-13/h5-8H,3-4H2,1-2H3,(H,14,15,16). The van der Waals surface area contributed by atoms with Gasteiger partial charge in [0.15, 0.2) is 0 Å². The summed E-state index contributed by atoms with van der Waals surface area (Å²) in [4.78, 5) is 4.15. The molecule has 0 unspecified atom stereocenters. The number of aryl methyl sites for hydroxylation is 4. The molecule has 0 bridgehead atoms. The maximum atomic E-state index is 4.52. The van der Waals surface area contributed by atoms with Crippen molar-refractivity contribution in [3.8, 4) is 0 Å². The molecule has 92 valence electrons. The van der Waals surface area contributed by atoms with Crippen molar-refractivity contribution in [1.82, 2.24) is 25.0 Å². The van der Waals surface area contributed by atoms with Gasteiger partial charge in [0.1, 0.15) is 12.2 Å². The number of hydrogen-bond donors (Lipinski definition) is 1. The lowest BCUT2D eigenvalue weighted by Gasteiger charge is -2.03. The van der Waals surface area contributed by atoms with Gasteiger partial charge in [0.25, 0.3) is 0 Å². The molecule has 2 aromatic heterocycles. The van der Waals surface area contributed by atoms with Crippen LogP contribution in [0.4, 0.5) is 0 Å². The van der Waals surface area contributed by atoms with Crippen LogP contribution in [0.3, 0.4) is 0 Å². The second kappa shape index (κ2) is 4.25. The first-order chi connectivity index (χ1) is 8.72. The molecule has 5 heteroatoms. The maximum Gasteiger partial charge on any atom is 0.137 e. The molecule has 1 aromatic carbocycles. The van der Waals surface area contributed by atoms with E-state index >= 15 is 0 Å². The summed E-state index contributed by atoms with van der Waals surface area (Å²) < 4.78 is 1.86. The predicted octanol–water partition coefficient (Wildman–Crippen LogP) is 1.79. The largest absolute Gasteiger partial charge is 0.275 e. The van der Waals surface area contributed by atoms with Crippen LogP contribution in [0.5, 0.6) is 0 Å². The summed E-state index contributed by atoms with van der Waals surface area (Å²) in [6, 6.07) is 4.37. The molecule has 3 rings (SSSR count). The third kappa shape index (κ3) is 1.99. The van der Waals surface area contributed by atoms with Crippen molar-refractivity contribution in [2.24, 2.45) is 7.05 Å². The molecule has 0 saturated heterocycles. The van der Waals surface area contributed by atoms with Crippen LogP contribution in [-0.2, 0) is 19.9 Å². The lowest BCUT2D eigenvalue weighted by atomic mass is 10.0. The number of benzene rings is 1. The van der Waals surface area contributed by atoms with Crippen molar-refractivity contribution in [2.45, 2.75) is 19.8 Å². The van der Waals surface area contributed by atoms with Gasteiger partial charge < -0.3 is 0 Å². The molecule has 18 heavy (non-hydrogen) atoms. The number of hydrogen-bond acceptors (Lipinski definition) is 3. The van der Waals surface area contributed by atoms with Gasteiger partial charge in [-0.2, -0.15) is 10.2 Å². The highest BCUT2D eigenvalue weighted by molar-refractivity contribution is 5.82. The zero-order valence-corrected chi connectivity index (χ0v) is 10.5. The Bertz CT molecular complexity index is 666. The number of nitrogens with one attached hydrogen (secondary N) is 1. The number of H-pyrrole nitrogens is 1. The lowest BCUT2D eigenvalue weighted by molar-refractivity contribution is 0.776. The summed E-state index contributed by atoms with van der Waals surface area (Å²) in [6.45, 7) is 2.12. The molecule has 0 aliphatic rings. The third-order valence-corrected chi connectivity index (χ3v) is 3.04. The van der Waals surface area contributed by atoms with Gasteiger partial charge in [-0.3, -0.25) is 9.78 Å². The van der Waals surface area contributed by atoms with E-state index in [1.165, 1.54) is 16.5 Å². The van der Waals surface area contributed by atoms with Crippen molar-refractivity contribution in [3.63, 3.8) is 0 Å². The van der Waals surface area contributed by atoms with Crippen molar-refractivity contribution < 1.29 is 0 Å². The van der Waals surface area contributed by atoms with E-state index in [-0.39, 0.29) is 0 Å². The summed E-state index contributed by atoms with van der Waals surface area (Å²) >= 11 is 0. The molecule has 3 aromatic rings. The van der Waals surface area contributed by atoms with Crippen LogP contribution in [0, 0.1) is 6.92 Å². The zero-order valence-electron chi connectivity index (χ0n) is 10.5. The Hall–Kier alpha value is -2.17. The number of aromatic amines is 1. The van der Waals surface area contributed by atoms with E-state index in [1.807, 2.05) is 11.7 Å². The van der Waals surface area contributed by atoms with Gasteiger partial charge >= 0.3 is 0 Å². The SMILES string of the molecule is Cc1cc(CCc2ncn[nH]2)c2nn(C)cc2c1. The van der Waals surface area contributed by atoms with Crippen molar-refractivity contribution in [1.29, 1.82) is 0 Å². The average Bonchev–Trinajstić information content (AvgIpc) is 2.93. The number of rotatable bonds is 3. The van der Waals surface area contributed by atoms with Gasteiger partial charge in [-0.1, -0.05) is 11.6 Å². The highest BCUT2D eigenvalue weighted by atomic mass is 15.2. The molecule has 5 nitrogen and oxygen atoms in total. The average molecular weight is 241 g/mol. The fourth-order valence-electron chi connectivity index (χ4n) is 2.29. The Kier molecular flexibility index (Phi) is 2.59. The second-order valence-corrected chi connectivity index (χ2v) is 4.60. The van der Waals surface area contributed by atoms with Crippen molar-refractivity contribution in [3.05, 3.63) is 41.6 Å². The van der Waals surface area contributed by atoms with Crippen molar-refractivity contribution >= 4 is 10.9 Å². The van der Waals surface area contributed by atoms with E-state index in [0.717, 1.165) is 24.2 Å². The van der Waals surface area contributed by atoms with Crippen LogP contribution in [0.15, 0.2) is 24.7 Å². The minimum Gasteiger partial charge on any atom is -0.275 e. The Morgan fingerprint density at radius 2 is 2.17 bits per heavy atom. The van der Waals surface area contributed by atoms with Crippen LogP contribution >= 0.6 is 0 Å². The van der Waals surface area contributed by atoms with E-state index in [1.54, 1.807) is 6.33 Å². The van der Waals surface area contributed by atoms with Gasteiger partial charge in [-0.05, 0) is 25.0 Å². The molecular weight excluding hydrogens is 226 g/mol. The Morgan fingerprint density at radius 1 is 1.28 bits per heavy atom. The molecule has 0 atom stereocenters. The summed E-state index contributed by atoms with van der Waals surface area (Å²) in [5, 5.41) is 12.5. The predicted molar refractivity (Wildman–Crippen MR) is 69.2 cm³/mol. The van der Waals surface area contributed by atoms with E-state index in [0.29, 0.717) is 0 Å². The van der Waals surface area contributed by atoms with E-state index in [4.69, 9.17) is 0 Å². The smallest absolute Gasteiger partial charge is 0.137 e. The summed E-state index contributed by atoms with van der Waals surface area (Å²) in [6.07, 6.45) is 5.38. The van der Waals surface area contributed by atoms with Crippen molar-refractivity contribution in [2.75, 3.05) is 0 Å². The second-order valence-electron chi connectivity index (χ2n) is 4.60. The number of aromatic nitrogens is 5. The Balaban J connectivity index is 1.95. The highest BCUT2D eigenvalue weighted by Gasteiger charge is 2.07. The first kappa shape index (κ1) is 11.0. The fraction of sp³-hybridized carbons (Fsp3) is 0.308. The van der Waals surface area contributed by atoms with Crippen LogP contribution < -0.4 is 0 Å². The molecule has 0 spiro atoms. The molecule has 1 N–H and O–H groups in total. The molecule has 2 heterocycles. The van der Waals surface area contributed by atoms with E-state index < -0.39 is 0 Å². The van der Waals surface area contributed by atoms with E-state index in [2.05, 4.69) is 45.5 Å². The van der Waals surface area contributed by atoms with E-state index in [9.17, 15) is 0 Å². The van der Waals surface area contributed by atoms with Crippen LogP contribution in [0.25, 0.3) is 10.9 Å². The molecule has 0 aliphatic carbocycles. The normalized spacial score (nSPS) is 11.2. The monoisotopic (exact) mass is 241 g/mol. The van der Waals surface area contributed by atoms with Gasteiger partial charge in [0.05, 0.1) is 5.52 Å². The van der Waals surface area contributed by atoms with Crippen LogP contribution in [0.2, 0.25) is 0 Å². The first-order valence-corrected chi connectivity index (χ1v) is 5.99. The minimum absolute atomic E-state index is 0.856. The summed E-state index contributed by atoms with van der Waals surface area (Å²) in [5.41, 5.74) is 3.62. The van der Waals surface area contributed by atoms with Gasteiger partial charge in [-0.25, -0.2) is 4.98 Å². The number of nitrogens with zero attached hydrogens (tertiary/aromatic N) is 4. The Labute approximate surface area is 105 Å². The molecule has 0 saturated carbocycles. The Morgan fingerprint density at radius 3 is 2.94 bits per heavy atom. The minimum atomic E-state index is 0.856. The topological polar surface area (TPSA) is 59.4 Å². The quantitative estimate of drug-likeness (QED) is 0.760. The highest BCUT2D eigenvalue weighted by Crippen LogP contribution is 2.20. The molecule has 0 amide bonds. The summed E-state index contributed by atoms with van der Waals surface area (Å²) in [7, 11) is 1.95. The van der Waals surface area contributed by atoms with Gasteiger partial charge in [-0.15, -0.1) is 0 Å². The molecule has 0 aliphatic heterocycles. The molecule has 0 radical (unpaired) electrons. The maximum absolute atomic E-state index is 4.52. The van der Waals surface area contributed by atoms with Gasteiger partial charge in [0.2, 0.25) is 0 Å². The first-order valence-electron chi connectivity index (χ1n) is 5.99. The zero-order chi connectivity index (χ0) is 12.5. The van der Waals surface area contributed by atoms with Crippen LogP contribution in [0.1, 0.15) is 17.0 Å². The van der Waals surface area contributed by atoms with Gasteiger partial charge in [0, 0.05) is 25.1 Å². The lowest BCUT2D eigenvalue weighted by Crippen LogP contribution is -1.96. The van der Waals surface area contributed by atoms with Crippen LogP contribution in [-0.4, -0.2) is 25.0 Å². The summed E-state index contributed by atoms with van der Waals surface area (Å²) in [5.74, 6) is 0.917. The fourth-order valence-corrected chi connectivity index (χ4v) is 2.29. The third-order valence-electron chi connectivity index (χ3n) is 3.04.